The summed E-state index contributed by atoms with van der Waals surface area (Å²) in [4.78, 5) is 2.27. The second kappa shape index (κ2) is 5.05. The summed E-state index contributed by atoms with van der Waals surface area (Å²) in [5.74, 6) is -0.194. The van der Waals surface area contributed by atoms with Crippen molar-refractivity contribution in [2.75, 3.05) is 26.3 Å². The number of morpholine rings is 1. The summed E-state index contributed by atoms with van der Waals surface area (Å²) in [5.41, 5.74) is 0.997. The largest absolute Gasteiger partial charge is 0.379 e. The Morgan fingerprint density at radius 3 is 2.80 bits per heavy atom. The molecular formula is C11H13BrFNO. The Morgan fingerprint density at radius 2 is 2.07 bits per heavy atom. The van der Waals surface area contributed by atoms with Crippen LogP contribution in [-0.4, -0.2) is 31.2 Å². The van der Waals surface area contributed by atoms with Gasteiger partial charge in [-0.15, -0.1) is 0 Å². The van der Waals surface area contributed by atoms with Gasteiger partial charge in [0.25, 0.3) is 0 Å². The summed E-state index contributed by atoms with van der Waals surface area (Å²) in [5, 5.41) is 0. The molecule has 2 nitrogen and oxygen atoms in total. The van der Waals surface area contributed by atoms with Crippen molar-refractivity contribution in [2.24, 2.45) is 0 Å². The highest BCUT2D eigenvalue weighted by molar-refractivity contribution is 9.10. The first-order chi connectivity index (χ1) is 7.27. The molecule has 0 N–H and O–H groups in total. The lowest BCUT2D eigenvalue weighted by Gasteiger charge is -2.26. The van der Waals surface area contributed by atoms with Crippen molar-refractivity contribution in [2.45, 2.75) is 6.54 Å². The highest BCUT2D eigenvalue weighted by Gasteiger charge is 2.13. The van der Waals surface area contributed by atoms with Gasteiger partial charge >= 0.3 is 0 Å². The number of hydrogen-bond acceptors (Lipinski definition) is 2. The van der Waals surface area contributed by atoms with Crippen molar-refractivity contribution < 1.29 is 9.13 Å². The average molecular weight is 274 g/mol. The maximum atomic E-state index is 13.2. The predicted molar refractivity (Wildman–Crippen MR) is 60.2 cm³/mol. The molecule has 0 atom stereocenters. The van der Waals surface area contributed by atoms with E-state index in [0.717, 1.165) is 38.4 Å². The molecule has 0 unspecified atom stereocenters. The smallest absolute Gasteiger partial charge is 0.137 e. The predicted octanol–water partition coefficient (Wildman–Crippen LogP) is 2.42. The van der Waals surface area contributed by atoms with Gasteiger partial charge in [0, 0.05) is 19.6 Å². The van der Waals surface area contributed by atoms with Gasteiger partial charge in [0.05, 0.1) is 17.7 Å². The second-order valence-corrected chi connectivity index (χ2v) is 4.39. The van der Waals surface area contributed by atoms with Gasteiger partial charge in [0.1, 0.15) is 5.82 Å². The summed E-state index contributed by atoms with van der Waals surface area (Å²) in [7, 11) is 0. The molecule has 0 saturated carbocycles. The Hall–Kier alpha value is -0.450. The maximum absolute atomic E-state index is 13.2. The van der Waals surface area contributed by atoms with Gasteiger partial charge in [-0.05, 0) is 27.6 Å². The van der Waals surface area contributed by atoms with Crippen LogP contribution in [0.4, 0.5) is 4.39 Å². The Kier molecular flexibility index (Phi) is 3.72. The molecule has 15 heavy (non-hydrogen) atoms. The third kappa shape index (κ3) is 2.77. The number of halogens is 2. The summed E-state index contributed by atoms with van der Waals surface area (Å²) in [6, 6.07) is 5.16. The summed E-state index contributed by atoms with van der Waals surface area (Å²) >= 11 is 3.27. The van der Waals surface area contributed by atoms with Crippen LogP contribution in [-0.2, 0) is 11.3 Å². The van der Waals surface area contributed by atoms with Crippen molar-refractivity contribution in [3.05, 3.63) is 34.1 Å². The van der Waals surface area contributed by atoms with E-state index in [0.29, 0.717) is 4.47 Å². The molecule has 1 heterocycles. The lowest BCUT2D eigenvalue weighted by atomic mass is 10.2. The lowest BCUT2D eigenvalue weighted by Crippen LogP contribution is -2.35. The van der Waals surface area contributed by atoms with Crippen LogP contribution in [0.1, 0.15) is 5.56 Å². The fourth-order valence-electron chi connectivity index (χ4n) is 1.67. The topological polar surface area (TPSA) is 12.5 Å². The quantitative estimate of drug-likeness (QED) is 0.821. The average Bonchev–Trinajstić information content (AvgIpc) is 2.26. The Bertz CT molecular complexity index is 339. The fraction of sp³-hybridized carbons (Fsp3) is 0.455. The molecule has 82 valence electrons. The van der Waals surface area contributed by atoms with Crippen LogP contribution < -0.4 is 0 Å². The molecule has 1 aliphatic rings. The van der Waals surface area contributed by atoms with Crippen LogP contribution in [0, 0.1) is 5.82 Å². The van der Waals surface area contributed by atoms with Crippen molar-refractivity contribution in [3.8, 4) is 0 Å². The van der Waals surface area contributed by atoms with Crippen molar-refractivity contribution in [1.82, 2.24) is 4.90 Å². The van der Waals surface area contributed by atoms with Crippen LogP contribution in [0.25, 0.3) is 0 Å². The Morgan fingerprint density at radius 1 is 1.33 bits per heavy atom. The molecule has 1 saturated heterocycles. The first-order valence-electron chi connectivity index (χ1n) is 5.00. The molecule has 2 rings (SSSR count). The number of benzene rings is 1. The van der Waals surface area contributed by atoms with Crippen LogP contribution >= 0.6 is 15.9 Å². The molecule has 1 fully saturated rings. The Balaban J connectivity index is 2.06. The molecule has 0 bridgehead atoms. The molecular weight excluding hydrogens is 261 g/mol. The van der Waals surface area contributed by atoms with Gasteiger partial charge in [-0.25, -0.2) is 4.39 Å². The zero-order chi connectivity index (χ0) is 10.7. The molecule has 4 heteroatoms. The van der Waals surface area contributed by atoms with E-state index in [1.165, 1.54) is 6.07 Å². The zero-order valence-electron chi connectivity index (χ0n) is 8.38. The highest BCUT2D eigenvalue weighted by Crippen LogP contribution is 2.21. The minimum Gasteiger partial charge on any atom is -0.379 e. The summed E-state index contributed by atoms with van der Waals surface area (Å²) in [6.07, 6.45) is 0. The molecule has 0 aliphatic carbocycles. The van der Waals surface area contributed by atoms with Crippen molar-refractivity contribution in [1.29, 1.82) is 0 Å². The van der Waals surface area contributed by atoms with Gasteiger partial charge in [-0.2, -0.15) is 0 Å². The first kappa shape index (κ1) is 11.0. The van der Waals surface area contributed by atoms with E-state index in [2.05, 4.69) is 20.8 Å². The maximum Gasteiger partial charge on any atom is 0.137 e. The highest BCUT2D eigenvalue weighted by atomic mass is 79.9. The summed E-state index contributed by atoms with van der Waals surface area (Å²) < 4.78 is 19.1. The minimum absolute atomic E-state index is 0.194. The molecule has 1 aromatic carbocycles. The van der Waals surface area contributed by atoms with Crippen LogP contribution in [0.5, 0.6) is 0 Å². The molecule has 0 aromatic heterocycles. The monoisotopic (exact) mass is 273 g/mol. The number of ether oxygens (including phenoxy) is 1. The third-order valence-electron chi connectivity index (χ3n) is 2.53. The Labute approximate surface area is 97.2 Å². The van der Waals surface area contributed by atoms with E-state index in [-0.39, 0.29) is 5.82 Å². The normalized spacial score (nSPS) is 18.0. The number of rotatable bonds is 2. The number of nitrogens with zero attached hydrogens (tertiary/aromatic N) is 1. The number of hydrogen-bond donors (Lipinski definition) is 0. The van der Waals surface area contributed by atoms with Gasteiger partial charge < -0.3 is 4.74 Å². The van der Waals surface area contributed by atoms with Crippen LogP contribution in [0.2, 0.25) is 0 Å². The van der Waals surface area contributed by atoms with E-state index in [9.17, 15) is 4.39 Å². The molecule has 1 aromatic rings. The minimum atomic E-state index is -0.194. The third-order valence-corrected chi connectivity index (χ3v) is 3.42. The molecule has 1 aliphatic heterocycles. The van der Waals surface area contributed by atoms with Crippen molar-refractivity contribution in [3.63, 3.8) is 0 Å². The van der Waals surface area contributed by atoms with Crippen molar-refractivity contribution >= 4 is 15.9 Å². The lowest BCUT2D eigenvalue weighted by molar-refractivity contribution is 0.0340. The van der Waals surface area contributed by atoms with Gasteiger partial charge in [0.15, 0.2) is 0 Å². The fourth-order valence-corrected chi connectivity index (χ4v) is 2.06. The standard InChI is InChI=1S/C11H13BrFNO/c12-11-9(2-1-3-10(11)13)8-14-4-6-15-7-5-14/h1-3H,4-8H2. The van der Waals surface area contributed by atoms with E-state index >= 15 is 0 Å². The van der Waals surface area contributed by atoms with Gasteiger partial charge in [-0.1, -0.05) is 12.1 Å². The van der Waals surface area contributed by atoms with E-state index in [1.54, 1.807) is 6.07 Å². The van der Waals surface area contributed by atoms with E-state index in [1.807, 2.05) is 6.07 Å². The van der Waals surface area contributed by atoms with Gasteiger partial charge in [-0.3, -0.25) is 4.90 Å². The SMILES string of the molecule is Fc1cccc(CN2CCOCC2)c1Br. The summed E-state index contributed by atoms with van der Waals surface area (Å²) in [6.45, 7) is 4.16. The second-order valence-electron chi connectivity index (χ2n) is 3.60. The van der Waals surface area contributed by atoms with Crippen LogP contribution in [0.3, 0.4) is 0 Å². The first-order valence-corrected chi connectivity index (χ1v) is 5.79. The van der Waals surface area contributed by atoms with E-state index < -0.39 is 0 Å². The van der Waals surface area contributed by atoms with E-state index in [4.69, 9.17) is 4.74 Å². The molecule has 0 radical (unpaired) electrons. The molecule has 0 amide bonds. The van der Waals surface area contributed by atoms with Gasteiger partial charge in [0.2, 0.25) is 0 Å². The van der Waals surface area contributed by atoms with Crippen LogP contribution in [0.15, 0.2) is 22.7 Å². The molecule has 0 spiro atoms. The zero-order valence-corrected chi connectivity index (χ0v) is 9.96.